The van der Waals surface area contributed by atoms with Gasteiger partial charge in [0.25, 0.3) is 0 Å². The molecule has 2 amide bonds. The Bertz CT molecular complexity index is 676. The van der Waals surface area contributed by atoms with Gasteiger partial charge in [0.1, 0.15) is 5.41 Å². The molecule has 1 rings (SSSR count). The normalized spacial score (nSPS) is 12.0. The first-order valence-corrected chi connectivity index (χ1v) is 9.81. The minimum Gasteiger partial charge on any atom is -0.426 e. The second-order valence-electron chi connectivity index (χ2n) is 6.90. The van der Waals surface area contributed by atoms with Gasteiger partial charge in [-0.2, -0.15) is 0 Å². The Morgan fingerprint density at radius 2 is 1.76 bits per heavy atom. The van der Waals surface area contributed by atoms with E-state index in [9.17, 15) is 19.6 Å². The van der Waals surface area contributed by atoms with Crippen molar-refractivity contribution < 1.29 is 19.6 Å². The molecule has 1 aromatic rings. The van der Waals surface area contributed by atoms with Crippen LogP contribution in [0.25, 0.3) is 0 Å². The largest absolute Gasteiger partial charge is 0.475 e. The maximum atomic E-state index is 13.0. The fraction of sp³-hybridized carbons (Fsp3) is 0.526. The van der Waals surface area contributed by atoms with Crippen molar-refractivity contribution in [2.45, 2.75) is 52.0 Å². The van der Waals surface area contributed by atoms with Gasteiger partial charge in [-0.25, -0.2) is 0 Å². The fourth-order valence-corrected chi connectivity index (χ4v) is 3.06. The van der Waals surface area contributed by atoms with Crippen LogP contribution >= 0.6 is 0 Å². The SMILES string of the molecule is CCC(CC)(C(=O)NCc1ccccc1)C(=O)NC(CCCN=C(N)N)B(O)O. The standard InChI is InChI=1S/C19H32BN5O4/c1-3-19(4-2,16(26)24-13-14-9-6-5-7-10-14)17(27)25-15(20(28)29)11-8-12-23-18(21)22/h5-7,9-10,15,28-29H,3-4,8,11-13H2,1-2H3,(H,24,26)(H,25,27)(H4,21,22,23). The van der Waals surface area contributed by atoms with E-state index in [0.29, 0.717) is 19.5 Å². The first-order chi connectivity index (χ1) is 13.8. The van der Waals surface area contributed by atoms with E-state index >= 15 is 0 Å². The van der Waals surface area contributed by atoms with Crippen molar-refractivity contribution in [2.75, 3.05) is 6.54 Å². The van der Waals surface area contributed by atoms with Gasteiger partial charge in [0.05, 0.1) is 5.94 Å². The second kappa shape index (κ2) is 12.1. The highest BCUT2D eigenvalue weighted by atomic mass is 16.4. The van der Waals surface area contributed by atoms with E-state index in [1.807, 2.05) is 30.3 Å². The predicted octanol–water partition coefficient (Wildman–Crippen LogP) is -0.340. The van der Waals surface area contributed by atoms with Gasteiger partial charge in [0.2, 0.25) is 11.8 Å². The number of aliphatic imine (C=N–C) groups is 1. The zero-order valence-electron chi connectivity index (χ0n) is 17.1. The summed E-state index contributed by atoms with van der Waals surface area (Å²) in [4.78, 5) is 29.7. The van der Waals surface area contributed by atoms with Crippen LogP contribution in [-0.4, -0.2) is 47.4 Å². The van der Waals surface area contributed by atoms with Crippen molar-refractivity contribution in [1.29, 1.82) is 0 Å². The lowest BCUT2D eigenvalue weighted by atomic mass is 9.74. The number of hydrogen-bond acceptors (Lipinski definition) is 5. The Morgan fingerprint density at radius 1 is 1.14 bits per heavy atom. The second-order valence-corrected chi connectivity index (χ2v) is 6.90. The molecule has 1 atom stereocenters. The van der Waals surface area contributed by atoms with Crippen molar-refractivity contribution in [3.63, 3.8) is 0 Å². The number of nitrogens with one attached hydrogen (secondary N) is 2. The highest BCUT2D eigenvalue weighted by molar-refractivity contribution is 6.43. The Morgan fingerprint density at radius 3 is 2.28 bits per heavy atom. The lowest BCUT2D eigenvalue weighted by Crippen LogP contribution is -2.56. The molecular weight excluding hydrogens is 373 g/mol. The van der Waals surface area contributed by atoms with E-state index in [1.54, 1.807) is 13.8 Å². The van der Waals surface area contributed by atoms with E-state index < -0.39 is 30.3 Å². The quantitative estimate of drug-likeness (QED) is 0.0916. The molecule has 0 spiro atoms. The molecule has 0 fully saturated rings. The number of benzene rings is 1. The third kappa shape index (κ3) is 7.39. The van der Waals surface area contributed by atoms with Crippen LogP contribution in [0.2, 0.25) is 0 Å². The summed E-state index contributed by atoms with van der Waals surface area (Å²) in [6.45, 7) is 4.12. The average molecular weight is 405 g/mol. The summed E-state index contributed by atoms with van der Waals surface area (Å²) in [5, 5.41) is 24.7. The molecule has 9 nitrogen and oxygen atoms in total. The molecule has 0 aliphatic heterocycles. The van der Waals surface area contributed by atoms with E-state index in [4.69, 9.17) is 11.5 Å². The smallest absolute Gasteiger partial charge is 0.426 e. The summed E-state index contributed by atoms with van der Waals surface area (Å²) in [6, 6.07) is 9.39. The number of amides is 2. The average Bonchev–Trinajstić information content (AvgIpc) is 2.70. The molecule has 0 saturated heterocycles. The van der Waals surface area contributed by atoms with Gasteiger partial charge in [-0.3, -0.25) is 14.6 Å². The van der Waals surface area contributed by atoms with E-state index in [1.165, 1.54) is 0 Å². The maximum absolute atomic E-state index is 13.0. The molecular formula is C19H32BN5O4. The third-order valence-electron chi connectivity index (χ3n) is 5.02. The van der Waals surface area contributed by atoms with E-state index in [-0.39, 0.29) is 25.2 Å². The Balaban J connectivity index is 2.80. The number of carbonyl (C=O) groups excluding carboxylic acids is 2. The molecule has 1 unspecified atom stereocenters. The van der Waals surface area contributed by atoms with Crippen LogP contribution in [0.15, 0.2) is 35.3 Å². The third-order valence-corrected chi connectivity index (χ3v) is 5.02. The predicted molar refractivity (Wildman–Crippen MR) is 113 cm³/mol. The number of hydrogen-bond donors (Lipinski definition) is 6. The zero-order valence-corrected chi connectivity index (χ0v) is 17.1. The molecule has 0 aromatic heterocycles. The molecule has 10 heteroatoms. The van der Waals surface area contributed by atoms with Crippen LogP contribution < -0.4 is 22.1 Å². The molecule has 8 N–H and O–H groups in total. The first kappa shape index (κ1) is 24.5. The number of guanidine groups is 1. The lowest BCUT2D eigenvalue weighted by Gasteiger charge is -2.31. The monoisotopic (exact) mass is 405 g/mol. The van der Waals surface area contributed by atoms with Gasteiger partial charge in [0.15, 0.2) is 5.96 Å². The van der Waals surface area contributed by atoms with Crippen LogP contribution in [0.3, 0.4) is 0 Å². The lowest BCUT2D eigenvalue weighted by molar-refractivity contribution is -0.144. The van der Waals surface area contributed by atoms with E-state index in [2.05, 4.69) is 15.6 Å². The van der Waals surface area contributed by atoms with Crippen LogP contribution in [0.5, 0.6) is 0 Å². The van der Waals surface area contributed by atoms with Gasteiger partial charge < -0.3 is 32.1 Å². The molecule has 0 radical (unpaired) electrons. The summed E-state index contributed by atoms with van der Waals surface area (Å²) < 4.78 is 0. The van der Waals surface area contributed by atoms with Gasteiger partial charge in [-0.05, 0) is 31.2 Å². The summed E-state index contributed by atoms with van der Waals surface area (Å²) in [5.41, 5.74) is 10.1. The molecule has 160 valence electrons. The molecule has 0 heterocycles. The molecule has 1 aromatic carbocycles. The summed E-state index contributed by atoms with van der Waals surface area (Å²) in [6.07, 6.45) is 1.23. The highest BCUT2D eigenvalue weighted by Crippen LogP contribution is 2.28. The van der Waals surface area contributed by atoms with E-state index in [0.717, 1.165) is 5.56 Å². The summed E-state index contributed by atoms with van der Waals surface area (Å²) in [5.74, 6) is -1.92. The van der Waals surface area contributed by atoms with Crippen molar-refractivity contribution in [3.05, 3.63) is 35.9 Å². The van der Waals surface area contributed by atoms with Gasteiger partial charge in [-0.1, -0.05) is 44.2 Å². The first-order valence-electron chi connectivity index (χ1n) is 9.81. The Kier molecular flexibility index (Phi) is 10.2. The topological polar surface area (TPSA) is 163 Å². The molecule has 0 aliphatic rings. The van der Waals surface area contributed by atoms with Crippen LogP contribution in [0.4, 0.5) is 0 Å². The number of carbonyl (C=O) groups is 2. The number of rotatable bonds is 12. The summed E-state index contributed by atoms with van der Waals surface area (Å²) >= 11 is 0. The summed E-state index contributed by atoms with van der Waals surface area (Å²) in [7, 11) is -1.77. The minimum absolute atomic E-state index is 0.0544. The molecule has 29 heavy (non-hydrogen) atoms. The Labute approximate surface area is 172 Å². The van der Waals surface area contributed by atoms with Gasteiger partial charge in [0, 0.05) is 13.1 Å². The molecule has 0 bridgehead atoms. The van der Waals surface area contributed by atoms with Gasteiger partial charge >= 0.3 is 7.12 Å². The number of nitrogens with zero attached hydrogens (tertiary/aromatic N) is 1. The molecule has 0 aliphatic carbocycles. The highest BCUT2D eigenvalue weighted by Gasteiger charge is 2.44. The fourth-order valence-electron chi connectivity index (χ4n) is 3.06. The van der Waals surface area contributed by atoms with Crippen LogP contribution in [-0.2, 0) is 16.1 Å². The van der Waals surface area contributed by atoms with Crippen LogP contribution in [0.1, 0.15) is 45.1 Å². The van der Waals surface area contributed by atoms with Crippen molar-refractivity contribution >= 4 is 24.9 Å². The minimum atomic E-state index is -1.77. The maximum Gasteiger partial charge on any atom is 0.475 e. The van der Waals surface area contributed by atoms with Crippen molar-refractivity contribution in [1.82, 2.24) is 10.6 Å². The number of nitrogens with two attached hydrogens (primary N) is 2. The Hall–Kier alpha value is -2.59. The van der Waals surface area contributed by atoms with Crippen LogP contribution in [0, 0.1) is 5.41 Å². The molecule has 0 saturated carbocycles. The van der Waals surface area contributed by atoms with Crippen molar-refractivity contribution in [2.24, 2.45) is 21.9 Å². The zero-order chi connectivity index (χ0) is 21.9. The van der Waals surface area contributed by atoms with Gasteiger partial charge in [-0.15, -0.1) is 0 Å². The van der Waals surface area contributed by atoms with Crippen molar-refractivity contribution in [3.8, 4) is 0 Å².